The van der Waals surface area contributed by atoms with Gasteiger partial charge in [-0.15, -0.1) is 0 Å². The first-order chi connectivity index (χ1) is 29.6. The van der Waals surface area contributed by atoms with Crippen molar-refractivity contribution in [3.8, 4) is 0 Å². The van der Waals surface area contributed by atoms with Crippen LogP contribution in [0.5, 0.6) is 0 Å². The Morgan fingerprint density at radius 1 is 0.328 bits per heavy atom. The molecule has 0 saturated heterocycles. The van der Waals surface area contributed by atoms with Crippen molar-refractivity contribution in [3.05, 3.63) is 0 Å². The SMILES string of the molecule is CCC(C)CCCCCCCCCCCCCCCCC(=O)OC[C@@H](COC(=O)CCCCCCCCC(C)C)OC(=O)CCCCCCCCCCCCCCCC(C)C. The Bertz CT molecular complexity index is 947. The van der Waals surface area contributed by atoms with Crippen LogP contribution < -0.4 is 0 Å². The van der Waals surface area contributed by atoms with E-state index in [-0.39, 0.29) is 31.1 Å². The lowest BCUT2D eigenvalue weighted by Crippen LogP contribution is -2.30. The molecule has 0 aliphatic rings. The largest absolute Gasteiger partial charge is 0.462 e. The number of rotatable bonds is 48. The number of carbonyl (C=O) groups excluding carboxylic acids is 3. The van der Waals surface area contributed by atoms with Crippen molar-refractivity contribution in [1.82, 2.24) is 0 Å². The van der Waals surface area contributed by atoms with E-state index in [0.717, 1.165) is 75.5 Å². The number of unbranched alkanes of at least 4 members (excludes halogenated alkanes) is 30. The molecule has 1 unspecified atom stereocenters. The van der Waals surface area contributed by atoms with Gasteiger partial charge in [0.15, 0.2) is 6.10 Å². The highest BCUT2D eigenvalue weighted by Crippen LogP contribution is 2.18. The zero-order valence-corrected chi connectivity index (χ0v) is 42.0. The van der Waals surface area contributed by atoms with E-state index in [4.69, 9.17) is 14.2 Å². The molecule has 0 spiro atoms. The van der Waals surface area contributed by atoms with Crippen molar-refractivity contribution in [3.63, 3.8) is 0 Å². The van der Waals surface area contributed by atoms with E-state index in [1.807, 2.05) is 0 Å². The molecule has 0 fully saturated rings. The molecule has 0 bridgehead atoms. The predicted octanol–water partition coefficient (Wildman–Crippen LogP) is 17.6. The Morgan fingerprint density at radius 2 is 0.574 bits per heavy atom. The molecule has 362 valence electrons. The molecular weight excluding hydrogens is 757 g/mol. The molecular formula is C55H106O6. The lowest BCUT2D eigenvalue weighted by atomic mass is 9.99. The van der Waals surface area contributed by atoms with E-state index in [9.17, 15) is 14.4 Å². The van der Waals surface area contributed by atoms with E-state index in [2.05, 4.69) is 41.5 Å². The Hall–Kier alpha value is -1.59. The van der Waals surface area contributed by atoms with Crippen molar-refractivity contribution in [2.45, 2.75) is 304 Å². The van der Waals surface area contributed by atoms with Crippen molar-refractivity contribution >= 4 is 17.9 Å². The van der Waals surface area contributed by atoms with Gasteiger partial charge in [0.25, 0.3) is 0 Å². The molecule has 0 aromatic carbocycles. The molecule has 0 aliphatic carbocycles. The lowest BCUT2D eigenvalue weighted by Gasteiger charge is -2.18. The van der Waals surface area contributed by atoms with Crippen LogP contribution in [-0.4, -0.2) is 37.2 Å². The average Bonchev–Trinajstić information content (AvgIpc) is 3.23. The monoisotopic (exact) mass is 863 g/mol. The number of carbonyl (C=O) groups is 3. The van der Waals surface area contributed by atoms with Gasteiger partial charge in [-0.2, -0.15) is 0 Å². The smallest absolute Gasteiger partial charge is 0.306 e. The van der Waals surface area contributed by atoms with Gasteiger partial charge in [-0.05, 0) is 37.0 Å². The van der Waals surface area contributed by atoms with Crippen molar-refractivity contribution in [2.24, 2.45) is 17.8 Å². The van der Waals surface area contributed by atoms with Crippen molar-refractivity contribution < 1.29 is 28.6 Å². The van der Waals surface area contributed by atoms with E-state index >= 15 is 0 Å². The first kappa shape index (κ1) is 59.4. The highest BCUT2D eigenvalue weighted by Gasteiger charge is 2.19. The molecule has 0 aromatic heterocycles. The zero-order chi connectivity index (χ0) is 44.9. The third kappa shape index (κ3) is 47.7. The van der Waals surface area contributed by atoms with Crippen LogP contribution in [0.15, 0.2) is 0 Å². The summed E-state index contributed by atoms with van der Waals surface area (Å²) in [6.45, 7) is 13.7. The predicted molar refractivity (Wildman–Crippen MR) is 261 cm³/mol. The maximum Gasteiger partial charge on any atom is 0.306 e. The molecule has 0 saturated carbocycles. The van der Waals surface area contributed by atoms with E-state index in [1.54, 1.807) is 0 Å². The third-order valence-electron chi connectivity index (χ3n) is 12.8. The van der Waals surface area contributed by atoms with Gasteiger partial charge in [-0.3, -0.25) is 14.4 Å². The van der Waals surface area contributed by atoms with Gasteiger partial charge in [-0.1, -0.05) is 260 Å². The highest BCUT2D eigenvalue weighted by atomic mass is 16.6. The van der Waals surface area contributed by atoms with Gasteiger partial charge in [0, 0.05) is 19.3 Å². The van der Waals surface area contributed by atoms with Crippen LogP contribution in [0, 0.1) is 17.8 Å². The summed E-state index contributed by atoms with van der Waals surface area (Å²) in [7, 11) is 0. The Labute approximate surface area is 380 Å². The summed E-state index contributed by atoms with van der Waals surface area (Å²) in [6.07, 6.45) is 46.7. The fourth-order valence-corrected chi connectivity index (χ4v) is 8.26. The zero-order valence-electron chi connectivity index (χ0n) is 42.0. The number of hydrogen-bond acceptors (Lipinski definition) is 6. The van der Waals surface area contributed by atoms with Gasteiger partial charge in [0.05, 0.1) is 0 Å². The average molecular weight is 863 g/mol. The van der Waals surface area contributed by atoms with E-state index < -0.39 is 6.10 Å². The fraction of sp³-hybridized carbons (Fsp3) is 0.945. The molecule has 0 radical (unpaired) electrons. The maximum absolute atomic E-state index is 12.8. The Morgan fingerprint density at radius 3 is 0.852 bits per heavy atom. The summed E-state index contributed by atoms with van der Waals surface area (Å²) < 4.78 is 16.8. The van der Waals surface area contributed by atoms with Crippen LogP contribution in [-0.2, 0) is 28.6 Å². The summed E-state index contributed by atoms with van der Waals surface area (Å²) >= 11 is 0. The third-order valence-corrected chi connectivity index (χ3v) is 12.8. The summed E-state index contributed by atoms with van der Waals surface area (Å²) in [6, 6.07) is 0. The first-order valence-electron chi connectivity index (χ1n) is 27.1. The highest BCUT2D eigenvalue weighted by molar-refractivity contribution is 5.71. The van der Waals surface area contributed by atoms with Gasteiger partial charge in [0.2, 0.25) is 0 Å². The Kier molecular flexibility index (Phi) is 45.2. The molecule has 6 heteroatoms. The molecule has 0 N–H and O–H groups in total. The van der Waals surface area contributed by atoms with Gasteiger partial charge < -0.3 is 14.2 Å². The minimum atomic E-state index is -0.763. The van der Waals surface area contributed by atoms with Crippen LogP contribution in [0.2, 0.25) is 0 Å². The minimum Gasteiger partial charge on any atom is -0.462 e. The molecule has 0 amide bonds. The summed E-state index contributed by atoms with van der Waals surface area (Å²) in [5.41, 5.74) is 0. The van der Waals surface area contributed by atoms with Crippen molar-refractivity contribution in [1.29, 1.82) is 0 Å². The molecule has 6 nitrogen and oxygen atoms in total. The van der Waals surface area contributed by atoms with E-state index in [1.165, 1.54) is 180 Å². The van der Waals surface area contributed by atoms with Crippen LogP contribution in [0.4, 0.5) is 0 Å². The van der Waals surface area contributed by atoms with Gasteiger partial charge in [0.1, 0.15) is 13.2 Å². The van der Waals surface area contributed by atoms with Crippen molar-refractivity contribution in [2.75, 3.05) is 13.2 Å². The van der Waals surface area contributed by atoms with Gasteiger partial charge >= 0.3 is 17.9 Å². The normalized spacial score (nSPS) is 12.6. The fourth-order valence-electron chi connectivity index (χ4n) is 8.26. The van der Waals surface area contributed by atoms with Crippen LogP contribution in [0.25, 0.3) is 0 Å². The second-order valence-corrected chi connectivity index (χ2v) is 20.1. The minimum absolute atomic E-state index is 0.0649. The number of ether oxygens (including phenoxy) is 3. The summed E-state index contributed by atoms with van der Waals surface area (Å²) in [5, 5.41) is 0. The summed E-state index contributed by atoms with van der Waals surface area (Å²) in [4.78, 5) is 38.0. The number of hydrogen-bond donors (Lipinski definition) is 0. The topological polar surface area (TPSA) is 78.9 Å². The quantitative estimate of drug-likeness (QED) is 0.0344. The second-order valence-electron chi connectivity index (χ2n) is 20.1. The van der Waals surface area contributed by atoms with Gasteiger partial charge in [-0.25, -0.2) is 0 Å². The Balaban J connectivity index is 4.25. The molecule has 0 rings (SSSR count). The maximum atomic E-state index is 12.8. The van der Waals surface area contributed by atoms with E-state index in [0.29, 0.717) is 19.3 Å². The molecule has 0 aliphatic heterocycles. The van der Waals surface area contributed by atoms with Crippen LogP contribution >= 0.6 is 0 Å². The molecule has 0 aromatic rings. The molecule has 2 atom stereocenters. The van der Waals surface area contributed by atoms with Crippen LogP contribution in [0.1, 0.15) is 298 Å². The molecule has 0 heterocycles. The number of esters is 3. The first-order valence-corrected chi connectivity index (χ1v) is 27.1. The lowest BCUT2D eigenvalue weighted by molar-refractivity contribution is -0.167. The van der Waals surface area contributed by atoms with Crippen LogP contribution in [0.3, 0.4) is 0 Å². The molecule has 61 heavy (non-hydrogen) atoms. The standard InChI is InChI=1S/C55H106O6/c1-7-51(6)43-37-31-24-20-16-12-8-9-13-17-21-25-32-38-44-53(56)59-47-52(48-60-54(57)45-39-33-28-27-30-36-42-50(4)5)61-55(58)46-40-34-26-22-18-14-10-11-15-19-23-29-35-41-49(2)3/h49-52H,7-48H2,1-6H3/t51?,52-/m0/s1. The second kappa shape index (κ2) is 46.4. The summed E-state index contributed by atoms with van der Waals surface area (Å²) in [5.74, 6) is 1.64.